The Kier molecular flexibility index (Phi) is 4.67. The van der Waals surface area contributed by atoms with Gasteiger partial charge in [-0.05, 0) is 41.6 Å². The predicted molar refractivity (Wildman–Crippen MR) is 108 cm³/mol. The standard InChI is InChI=1S/C20H16N4O4S/c1-10(2)18-23-24-16(21)14(17(25)22-20(24)29-18)9-13-6-7-15(28-13)11-4-3-5-12(8-11)19(26)27/h3-10,21H,1-2H3,(H,26,27)/p-1/b14-9-,21-16?. The van der Waals surface area contributed by atoms with Gasteiger partial charge < -0.3 is 14.3 Å². The second-order valence-corrected chi connectivity index (χ2v) is 7.67. The normalized spacial score (nSPS) is 17.6. The van der Waals surface area contributed by atoms with Gasteiger partial charge in [0.2, 0.25) is 5.17 Å². The number of amides is 1. The van der Waals surface area contributed by atoms with Gasteiger partial charge in [-0.2, -0.15) is 15.1 Å². The number of rotatable bonds is 4. The van der Waals surface area contributed by atoms with Crippen LogP contribution in [0.15, 0.2) is 56.5 Å². The van der Waals surface area contributed by atoms with Crippen molar-refractivity contribution in [1.29, 1.82) is 5.41 Å². The summed E-state index contributed by atoms with van der Waals surface area (Å²) < 4.78 is 5.73. The number of aromatic carboxylic acids is 1. The zero-order valence-corrected chi connectivity index (χ0v) is 16.3. The van der Waals surface area contributed by atoms with E-state index in [0.29, 0.717) is 22.3 Å². The molecular weight excluding hydrogens is 392 g/mol. The van der Waals surface area contributed by atoms with E-state index in [4.69, 9.17) is 9.83 Å². The van der Waals surface area contributed by atoms with Crippen LogP contribution >= 0.6 is 11.8 Å². The summed E-state index contributed by atoms with van der Waals surface area (Å²) in [7, 11) is 0. The van der Waals surface area contributed by atoms with Crippen LogP contribution in [0.1, 0.15) is 30.0 Å². The minimum Gasteiger partial charge on any atom is -0.545 e. The molecule has 1 N–H and O–H groups in total. The third kappa shape index (κ3) is 3.52. The highest BCUT2D eigenvalue weighted by Crippen LogP contribution is 2.31. The lowest BCUT2D eigenvalue weighted by atomic mass is 10.1. The van der Waals surface area contributed by atoms with Gasteiger partial charge >= 0.3 is 0 Å². The molecule has 2 aliphatic heterocycles. The molecule has 146 valence electrons. The van der Waals surface area contributed by atoms with E-state index in [0.717, 1.165) is 5.04 Å². The minimum absolute atomic E-state index is 0.0373. The second kappa shape index (κ2) is 7.17. The Morgan fingerprint density at radius 3 is 2.83 bits per heavy atom. The first-order chi connectivity index (χ1) is 13.8. The van der Waals surface area contributed by atoms with Crippen LogP contribution in [0, 0.1) is 11.3 Å². The molecule has 0 saturated heterocycles. The summed E-state index contributed by atoms with van der Waals surface area (Å²) in [6.45, 7) is 3.96. The van der Waals surface area contributed by atoms with Crippen LogP contribution in [-0.2, 0) is 4.79 Å². The molecular formula is C20H15N4O4S-. The first kappa shape index (κ1) is 18.9. The predicted octanol–water partition coefficient (Wildman–Crippen LogP) is 2.59. The highest BCUT2D eigenvalue weighted by Gasteiger charge is 2.36. The summed E-state index contributed by atoms with van der Waals surface area (Å²) in [6.07, 6.45) is 1.44. The highest BCUT2D eigenvalue weighted by molar-refractivity contribution is 8.27. The average Bonchev–Trinajstić information content (AvgIpc) is 3.32. The second-order valence-electron chi connectivity index (χ2n) is 6.68. The van der Waals surface area contributed by atoms with Crippen LogP contribution in [0.3, 0.4) is 0 Å². The number of hydrogen-bond acceptors (Lipinski definition) is 7. The van der Waals surface area contributed by atoms with Crippen LogP contribution in [0.4, 0.5) is 0 Å². The molecule has 2 aliphatic rings. The van der Waals surface area contributed by atoms with Crippen molar-refractivity contribution in [2.45, 2.75) is 13.8 Å². The summed E-state index contributed by atoms with van der Waals surface area (Å²) in [5.74, 6) is -0.958. The first-order valence-corrected chi connectivity index (χ1v) is 9.57. The van der Waals surface area contributed by atoms with E-state index in [1.807, 2.05) is 13.8 Å². The minimum atomic E-state index is -1.28. The summed E-state index contributed by atoms with van der Waals surface area (Å²) >= 11 is 1.28. The molecule has 2 aromatic rings. The number of nitrogens with one attached hydrogen (secondary N) is 1. The Balaban J connectivity index is 1.64. The quantitative estimate of drug-likeness (QED) is 0.777. The molecule has 0 radical (unpaired) electrons. The van der Waals surface area contributed by atoms with Crippen molar-refractivity contribution < 1.29 is 19.1 Å². The monoisotopic (exact) mass is 407 g/mol. The number of hydrazone groups is 1. The number of benzene rings is 1. The van der Waals surface area contributed by atoms with E-state index in [1.165, 1.54) is 35.0 Å². The van der Waals surface area contributed by atoms with Crippen LogP contribution in [0.2, 0.25) is 0 Å². The lowest BCUT2D eigenvalue weighted by Gasteiger charge is -2.19. The maximum absolute atomic E-state index is 12.4. The number of carboxylic acids is 1. The number of nitrogens with zero attached hydrogens (tertiary/aromatic N) is 3. The molecule has 0 fully saturated rings. The van der Waals surface area contributed by atoms with Gasteiger partial charge in [0.1, 0.15) is 16.6 Å². The Morgan fingerprint density at radius 1 is 1.31 bits per heavy atom. The van der Waals surface area contributed by atoms with Crippen molar-refractivity contribution in [2.75, 3.05) is 0 Å². The van der Waals surface area contributed by atoms with E-state index in [-0.39, 0.29) is 22.9 Å². The highest BCUT2D eigenvalue weighted by atomic mass is 32.2. The number of aliphatic imine (C=N–C) groups is 1. The zero-order chi connectivity index (χ0) is 20.7. The molecule has 1 aromatic carbocycles. The Morgan fingerprint density at radius 2 is 2.10 bits per heavy atom. The topological polar surface area (TPSA) is 122 Å². The molecule has 9 heteroatoms. The maximum atomic E-state index is 12.4. The van der Waals surface area contributed by atoms with Gasteiger partial charge in [0.15, 0.2) is 5.84 Å². The van der Waals surface area contributed by atoms with Crippen molar-refractivity contribution in [3.63, 3.8) is 0 Å². The van der Waals surface area contributed by atoms with Gasteiger partial charge in [-0.1, -0.05) is 32.0 Å². The molecule has 0 bridgehead atoms. The van der Waals surface area contributed by atoms with Crippen molar-refractivity contribution >= 4 is 45.8 Å². The average molecular weight is 407 g/mol. The number of carboxylic acid groups (broad SMARTS) is 1. The smallest absolute Gasteiger partial charge is 0.283 e. The molecule has 0 unspecified atom stereocenters. The number of hydrogen-bond donors (Lipinski definition) is 1. The summed E-state index contributed by atoms with van der Waals surface area (Å²) in [4.78, 5) is 27.5. The maximum Gasteiger partial charge on any atom is 0.283 e. The van der Waals surface area contributed by atoms with Gasteiger partial charge in [-0.3, -0.25) is 10.2 Å². The van der Waals surface area contributed by atoms with Gasteiger partial charge in [-0.15, -0.1) is 0 Å². The largest absolute Gasteiger partial charge is 0.545 e. The van der Waals surface area contributed by atoms with Crippen LogP contribution in [0.5, 0.6) is 0 Å². The van der Waals surface area contributed by atoms with Gasteiger partial charge in [-0.25, -0.2) is 0 Å². The van der Waals surface area contributed by atoms with E-state index in [9.17, 15) is 14.7 Å². The molecule has 29 heavy (non-hydrogen) atoms. The lowest BCUT2D eigenvalue weighted by Crippen LogP contribution is -2.35. The van der Waals surface area contributed by atoms with E-state index in [1.54, 1.807) is 24.3 Å². The summed E-state index contributed by atoms with van der Waals surface area (Å²) in [5, 5.41) is 26.3. The molecule has 0 aliphatic carbocycles. The summed E-state index contributed by atoms with van der Waals surface area (Å²) in [6, 6.07) is 9.47. The lowest BCUT2D eigenvalue weighted by molar-refractivity contribution is -0.255. The molecule has 0 spiro atoms. The number of carbonyl (C=O) groups is 2. The molecule has 4 rings (SSSR count). The third-order valence-corrected chi connectivity index (χ3v) is 5.47. The number of thioether (sulfide) groups is 1. The first-order valence-electron chi connectivity index (χ1n) is 8.75. The number of fused-ring (bicyclic) bond motifs is 1. The fourth-order valence-electron chi connectivity index (χ4n) is 2.77. The van der Waals surface area contributed by atoms with Gasteiger partial charge in [0.25, 0.3) is 5.91 Å². The van der Waals surface area contributed by atoms with E-state index < -0.39 is 11.9 Å². The molecule has 0 saturated carbocycles. The van der Waals surface area contributed by atoms with Crippen molar-refractivity contribution in [3.05, 3.63) is 53.3 Å². The number of furan rings is 1. The van der Waals surface area contributed by atoms with Crippen molar-refractivity contribution in [3.8, 4) is 11.3 Å². The van der Waals surface area contributed by atoms with Gasteiger partial charge in [0.05, 0.1) is 11.5 Å². The SMILES string of the molecule is CC(C)C1=NN2C(=N)/C(=C/c3ccc(-c4cccc(C(=O)[O-])c4)o3)C(=O)N=C2S1. The summed E-state index contributed by atoms with van der Waals surface area (Å²) in [5.41, 5.74) is 0.659. The zero-order valence-electron chi connectivity index (χ0n) is 15.5. The molecule has 8 nitrogen and oxygen atoms in total. The van der Waals surface area contributed by atoms with Crippen molar-refractivity contribution in [1.82, 2.24) is 5.01 Å². The number of amidine groups is 2. The Hall–Kier alpha value is -3.46. The fraction of sp³-hybridized carbons (Fsp3) is 0.150. The third-order valence-electron chi connectivity index (χ3n) is 4.26. The van der Waals surface area contributed by atoms with E-state index in [2.05, 4.69) is 10.1 Å². The van der Waals surface area contributed by atoms with Crippen LogP contribution in [-0.4, -0.2) is 32.9 Å². The van der Waals surface area contributed by atoms with Crippen molar-refractivity contribution in [2.24, 2.45) is 16.0 Å². The Bertz CT molecular complexity index is 1140. The van der Waals surface area contributed by atoms with E-state index >= 15 is 0 Å². The molecule has 0 atom stereocenters. The molecule has 1 aromatic heterocycles. The van der Waals surface area contributed by atoms with Crippen LogP contribution in [0.25, 0.3) is 17.4 Å². The number of carbonyl (C=O) groups excluding carboxylic acids is 2. The van der Waals surface area contributed by atoms with Crippen LogP contribution < -0.4 is 5.11 Å². The molecule has 1 amide bonds. The molecule has 3 heterocycles. The van der Waals surface area contributed by atoms with Gasteiger partial charge in [0, 0.05) is 11.5 Å². The Labute approximate surface area is 170 Å². The fourth-order valence-corrected chi connectivity index (χ4v) is 3.66.